The molecule has 1 aromatic carbocycles. The highest BCUT2D eigenvalue weighted by Gasteiger charge is 2.08. The lowest BCUT2D eigenvalue weighted by Gasteiger charge is -2.08. The van der Waals surface area contributed by atoms with Gasteiger partial charge in [0.05, 0.1) is 0 Å². The fraction of sp³-hybridized carbons (Fsp3) is 0.300. The standard InChI is InChI=1S/C10H11FN2O/c11-9-3-1-2-8(4-5-12)10(9)14-7-6-13/h1-3H,4-5,7,12H2. The molecule has 0 spiro atoms. The van der Waals surface area contributed by atoms with Crippen molar-refractivity contribution >= 4 is 0 Å². The minimum absolute atomic E-state index is 0.138. The summed E-state index contributed by atoms with van der Waals surface area (Å²) in [4.78, 5) is 0. The van der Waals surface area contributed by atoms with E-state index in [1.807, 2.05) is 0 Å². The van der Waals surface area contributed by atoms with E-state index in [1.54, 1.807) is 18.2 Å². The second kappa shape index (κ2) is 5.20. The Hall–Kier alpha value is -1.60. The van der Waals surface area contributed by atoms with Crippen molar-refractivity contribution in [3.05, 3.63) is 29.6 Å². The van der Waals surface area contributed by atoms with Crippen molar-refractivity contribution in [1.82, 2.24) is 0 Å². The van der Waals surface area contributed by atoms with Crippen LogP contribution in [0.5, 0.6) is 5.75 Å². The number of benzene rings is 1. The summed E-state index contributed by atoms with van der Waals surface area (Å²) >= 11 is 0. The Morgan fingerprint density at radius 1 is 1.50 bits per heavy atom. The summed E-state index contributed by atoms with van der Waals surface area (Å²) in [5.74, 6) is -0.314. The van der Waals surface area contributed by atoms with Gasteiger partial charge in [0.1, 0.15) is 6.07 Å². The highest BCUT2D eigenvalue weighted by atomic mass is 19.1. The van der Waals surface area contributed by atoms with E-state index in [0.29, 0.717) is 18.5 Å². The molecule has 0 aliphatic carbocycles. The molecular weight excluding hydrogens is 183 g/mol. The third kappa shape index (κ3) is 2.44. The fourth-order valence-electron chi connectivity index (χ4n) is 1.17. The van der Waals surface area contributed by atoms with Gasteiger partial charge in [0.2, 0.25) is 0 Å². The number of nitriles is 1. The van der Waals surface area contributed by atoms with Gasteiger partial charge in [0.25, 0.3) is 0 Å². The van der Waals surface area contributed by atoms with Gasteiger partial charge in [-0.25, -0.2) is 4.39 Å². The molecule has 0 aliphatic rings. The topological polar surface area (TPSA) is 59.0 Å². The predicted octanol–water partition coefficient (Wildman–Crippen LogP) is 1.23. The lowest BCUT2D eigenvalue weighted by molar-refractivity contribution is 0.342. The van der Waals surface area contributed by atoms with Crippen molar-refractivity contribution in [2.45, 2.75) is 6.42 Å². The third-order valence-corrected chi connectivity index (χ3v) is 1.74. The molecule has 0 amide bonds. The highest BCUT2D eigenvalue weighted by molar-refractivity contribution is 5.35. The number of hydrogen-bond acceptors (Lipinski definition) is 3. The average Bonchev–Trinajstić information content (AvgIpc) is 2.18. The van der Waals surface area contributed by atoms with Gasteiger partial charge in [-0.2, -0.15) is 5.26 Å². The van der Waals surface area contributed by atoms with E-state index in [1.165, 1.54) is 6.07 Å². The van der Waals surface area contributed by atoms with Crippen molar-refractivity contribution < 1.29 is 9.13 Å². The molecular formula is C10H11FN2O. The molecule has 4 heteroatoms. The maximum atomic E-state index is 13.2. The van der Waals surface area contributed by atoms with E-state index in [-0.39, 0.29) is 12.4 Å². The van der Waals surface area contributed by atoms with Crippen molar-refractivity contribution in [1.29, 1.82) is 5.26 Å². The summed E-state index contributed by atoms with van der Waals surface area (Å²) in [5, 5.41) is 8.32. The number of halogens is 1. The van der Waals surface area contributed by atoms with Crippen LogP contribution in [-0.2, 0) is 6.42 Å². The zero-order chi connectivity index (χ0) is 10.4. The molecule has 2 N–H and O–H groups in total. The molecule has 0 unspecified atom stereocenters. The Balaban J connectivity index is 2.91. The number of para-hydroxylation sites is 1. The van der Waals surface area contributed by atoms with E-state index in [4.69, 9.17) is 15.7 Å². The molecule has 0 atom stereocenters. The molecule has 1 rings (SSSR count). The smallest absolute Gasteiger partial charge is 0.174 e. The van der Waals surface area contributed by atoms with E-state index in [2.05, 4.69) is 0 Å². The van der Waals surface area contributed by atoms with Gasteiger partial charge < -0.3 is 10.5 Å². The van der Waals surface area contributed by atoms with Crippen LogP contribution in [0.4, 0.5) is 4.39 Å². The maximum Gasteiger partial charge on any atom is 0.174 e. The molecule has 0 heterocycles. The number of rotatable bonds is 4. The minimum Gasteiger partial charge on any atom is -0.475 e. The fourth-order valence-corrected chi connectivity index (χ4v) is 1.17. The molecule has 0 saturated carbocycles. The molecule has 0 aromatic heterocycles. The molecule has 0 bridgehead atoms. The molecule has 0 aliphatic heterocycles. The van der Waals surface area contributed by atoms with Crippen LogP contribution in [0.3, 0.4) is 0 Å². The normalized spacial score (nSPS) is 9.50. The van der Waals surface area contributed by atoms with Gasteiger partial charge in [0, 0.05) is 0 Å². The van der Waals surface area contributed by atoms with Crippen molar-refractivity contribution in [3.8, 4) is 11.8 Å². The van der Waals surface area contributed by atoms with Crippen molar-refractivity contribution in [2.75, 3.05) is 13.2 Å². The zero-order valence-electron chi connectivity index (χ0n) is 7.66. The largest absolute Gasteiger partial charge is 0.475 e. The zero-order valence-corrected chi connectivity index (χ0v) is 7.66. The summed E-state index contributed by atoms with van der Waals surface area (Å²) in [6.07, 6.45) is 0.540. The van der Waals surface area contributed by atoms with Crippen LogP contribution in [0.2, 0.25) is 0 Å². The summed E-state index contributed by atoms with van der Waals surface area (Å²) in [7, 11) is 0. The Morgan fingerprint density at radius 2 is 2.29 bits per heavy atom. The minimum atomic E-state index is -0.453. The summed E-state index contributed by atoms with van der Waals surface area (Å²) in [6, 6.07) is 6.43. The van der Waals surface area contributed by atoms with E-state index >= 15 is 0 Å². The van der Waals surface area contributed by atoms with Crippen LogP contribution >= 0.6 is 0 Å². The van der Waals surface area contributed by atoms with Crippen LogP contribution in [0.1, 0.15) is 5.56 Å². The lowest BCUT2D eigenvalue weighted by atomic mass is 10.1. The van der Waals surface area contributed by atoms with Gasteiger partial charge in [-0.1, -0.05) is 12.1 Å². The third-order valence-electron chi connectivity index (χ3n) is 1.74. The van der Waals surface area contributed by atoms with Gasteiger partial charge >= 0.3 is 0 Å². The molecule has 0 fully saturated rings. The van der Waals surface area contributed by atoms with Crippen molar-refractivity contribution in [2.24, 2.45) is 5.73 Å². The summed E-state index contributed by atoms with van der Waals surface area (Å²) in [5.41, 5.74) is 6.06. The number of ether oxygens (including phenoxy) is 1. The van der Waals surface area contributed by atoms with Gasteiger partial charge in [0.15, 0.2) is 18.2 Å². The monoisotopic (exact) mass is 194 g/mol. The molecule has 3 nitrogen and oxygen atoms in total. The van der Waals surface area contributed by atoms with Crippen molar-refractivity contribution in [3.63, 3.8) is 0 Å². The number of nitrogens with zero attached hydrogens (tertiary/aromatic N) is 1. The summed E-state index contributed by atoms with van der Waals surface area (Å²) in [6.45, 7) is 0.269. The quantitative estimate of drug-likeness (QED) is 0.784. The second-order valence-electron chi connectivity index (χ2n) is 2.71. The maximum absolute atomic E-state index is 13.2. The molecule has 14 heavy (non-hydrogen) atoms. The van der Waals surface area contributed by atoms with Crippen LogP contribution < -0.4 is 10.5 Å². The van der Waals surface area contributed by atoms with Crippen LogP contribution in [0.25, 0.3) is 0 Å². The lowest BCUT2D eigenvalue weighted by Crippen LogP contribution is -2.06. The molecule has 0 saturated heterocycles. The molecule has 0 radical (unpaired) electrons. The van der Waals surface area contributed by atoms with Crippen LogP contribution in [0, 0.1) is 17.1 Å². The first-order chi connectivity index (χ1) is 6.79. The van der Waals surface area contributed by atoms with Gasteiger partial charge in [-0.05, 0) is 24.6 Å². The average molecular weight is 194 g/mol. The highest BCUT2D eigenvalue weighted by Crippen LogP contribution is 2.22. The van der Waals surface area contributed by atoms with Gasteiger partial charge in [-0.15, -0.1) is 0 Å². The number of nitrogens with two attached hydrogens (primary N) is 1. The van der Waals surface area contributed by atoms with Crippen LogP contribution in [-0.4, -0.2) is 13.2 Å². The first kappa shape index (κ1) is 10.5. The van der Waals surface area contributed by atoms with E-state index < -0.39 is 5.82 Å². The predicted molar refractivity (Wildman–Crippen MR) is 50.3 cm³/mol. The van der Waals surface area contributed by atoms with Gasteiger partial charge in [-0.3, -0.25) is 0 Å². The number of hydrogen-bond donors (Lipinski definition) is 1. The molecule has 74 valence electrons. The first-order valence-corrected chi connectivity index (χ1v) is 4.26. The Kier molecular flexibility index (Phi) is 3.89. The molecule has 1 aromatic rings. The Morgan fingerprint density at radius 3 is 2.93 bits per heavy atom. The Bertz CT molecular complexity index is 346. The van der Waals surface area contributed by atoms with E-state index in [9.17, 15) is 4.39 Å². The first-order valence-electron chi connectivity index (χ1n) is 4.26. The second-order valence-corrected chi connectivity index (χ2v) is 2.71. The van der Waals surface area contributed by atoms with Crippen LogP contribution in [0.15, 0.2) is 18.2 Å². The van der Waals surface area contributed by atoms with E-state index in [0.717, 1.165) is 0 Å². The SMILES string of the molecule is N#CCOc1c(F)cccc1CCN. The summed E-state index contributed by atoms with van der Waals surface area (Å²) < 4.78 is 18.2. The Labute approximate surface area is 81.9 Å².